The third-order valence-electron chi connectivity index (χ3n) is 4.80. The minimum Gasteiger partial charge on any atom is -0.508 e. The van der Waals surface area contributed by atoms with Crippen LogP contribution in [0.5, 0.6) is 5.75 Å². The Balaban J connectivity index is 2.35. The van der Waals surface area contributed by atoms with Gasteiger partial charge in [0.15, 0.2) is 12.4 Å². The van der Waals surface area contributed by atoms with Gasteiger partial charge in [-0.3, -0.25) is 4.79 Å². The van der Waals surface area contributed by atoms with E-state index in [9.17, 15) is 24.9 Å². The van der Waals surface area contributed by atoms with Crippen LogP contribution in [0.25, 0.3) is 10.4 Å². The second kappa shape index (κ2) is 12.5. The number of phenols is 1. The number of alkyl halides is 1. The van der Waals surface area contributed by atoms with Crippen molar-refractivity contribution in [2.24, 2.45) is 5.11 Å². The van der Waals surface area contributed by atoms with Gasteiger partial charge in [-0.1, -0.05) is 39.8 Å². The van der Waals surface area contributed by atoms with Crippen molar-refractivity contribution in [2.75, 3.05) is 11.0 Å². The van der Waals surface area contributed by atoms with Crippen LogP contribution in [-0.4, -0.2) is 80.5 Å². The first-order valence-electron chi connectivity index (χ1n) is 10.5. The van der Waals surface area contributed by atoms with Gasteiger partial charge in [-0.05, 0) is 44.0 Å². The number of ether oxygens (including phenoxy) is 3. The van der Waals surface area contributed by atoms with Crippen molar-refractivity contribution in [1.82, 2.24) is 5.32 Å². The number of amides is 1. The average Bonchev–Trinajstić information content (AvgIpc) is 2.77. The molecule has 34 heavy (non-hydrogen) atoms. The Kier molecular flexibility index (Phi) is 10.3. The molecule has 1 aromatic rings. The zero-order chi connectivity index (χ0) is 25.5. The molecule has 0 saturated carbocycles. The van der Waals surface area contributed by atoms with Crippen LogP contribution in [0.4, 0.5) is 0 Å². The number of aliphatic hydroxyl groups is 2. The SMILES string of the molecule is CC(C)(C)OC(=O)C(Cc1ccc(O)cc1)O[C@@H]1O[C@H](CN=[N+]=[N-])[C@H](O)[C@H](O)[C@H]1NC(=O)CI. The highest BCUT2D eigenvalue weighted by Gasteiger charge is 2.47. The van der Waals surface area contributed by atoms with Crippen LogP contribution in [0.1, 0.15) is 26.3 Å². The molecule has 12 nitrogen and oxygen atoms in total. The molecule has 1 heterocycles. The minimum atomic E-state index is -1.53. The van der Waals surface area contributed by atoms with Crippen LogP contribution >= 0.6 is 22.6 Å². The van der Waals surface area contributed by atoms with E-state index in [1.54, 1.807) is 32.9 Å². The maximum Gasteiger partial charge on any atom is 0.336 e. The third kappa shape index (κ3) is 8.25. The van der Waals surface area contributed by atoms with Gasteiger partial charge in [0.1, 0.15) is 29.6 Å². The lowest BCUT2D eigenvalue weighted by atomic mass is 9.96. The first-order chi connectivity index (χ1) is 15.9. The number of azide groups is 1. The summed E-state index contributed by atoms with van der Waals surface area (Å²) in [6.45, 7) is 4.77. The molecule has 0 aromatic heterocycles. The molecule has 1 amide bonds. The normalized spacial score (nSPS) is 25.6. The molecular formula is C21H29IN4O8. The molecule has 0 radical (unpaired) electrons. The Morgan fingerprint density at radius 2 is 1.91 bits per heavy atom. The lowest BCUT2D eigenvalue weighted by Gasteiger charge is -2.43. The lowest BCUT2D eigenvalue weighted by Crippen LogP contribution is -2.65. The number of halogens is 1. The molecular weight excluding hydrogens is 563 g/mol. The fourth-order valence-electron chi connectivity index (χ4n) is 3.26. The Labute approximate surface area is 210 Å². The topological polar surface area (TPSA) is 183 Å². The van der Waals surface area contributed by atoms with E-state index in [2.05, 4.69) is 15.3 Å². The van der Waals surface area contributed by atoms with Crippen LogP contribution in [0.15, 0.2) is 29.4 Å². The number of nitrogens with one attached hydrogen (secondary N) is 1. The molecule has 0 aliphatic carbocycles. The number of aliphatic hydroxyl groups excluding tert-OH is 2. The Hall–Kier alpha value is -2.16. The van der Waals surface area contributed by atoms with Crippen LogP contribution < -0.4 is 5.32 Å². The molecule has 1 saturated heterocycles. The van der Waals surface area contributed by atoms with E-state index in [1.165, 1.54) is 12.1 Å². The van der Waals surface area contributed by atoms with E-state index >= 15 is 0 Å². The molecule has 0 spiro atoms. The van der Waals surface area contributed by atoms with E-state index < -0.39 is 54.2 Å². The van der Waals surface area contributed by atoms with E-state index in [0.29, 0.717) is 5.56 Å². The number of hydrogen-bond donors (Lipinski definition) is 4. The van der Waals surface area contributed by atoms with Gasteiger partial charge in [0.2, 0.25) is 5.91 Å². The number of phenolic OH excluding ortho intramolecular Hbond substituents is 1. The van der Waals surface area contributed by atoms with Crippen LogP contribution in [0.3, 0.4) is 0 Å². The molecule has 0 bridgehead atoms. The average molecular weight is 592 g/mol. The molecule has 1 fully saturated rings. The smallest absolute Gasteiger partial charge is 0.336 e. The van der Waals surface area contributed by atoms with Gasteiger partial charge in [0, 0.05) is 11.3 Å². The van der Waals surface area contributed by atoms with Gasteiger partial charge in [0.05, 0.1) is 17.1 Å². The number of rotatable bonds is 9. The van der Waals surface area contributed by atoms with E-state index in [1.807, 2.05) is 22.6 Å². The first-order valence-corrected chi connectivity index (χ1v) is 12.0. The van der Waals surface area contributed by atoms with Crippen molar-refractivity contribution in [3.8, 4) is 5.75 Å². The highest BCUT2D eigenvalue weighted by atomic mass is 127. The second-order valence-electron chi connectivity index (χ2n) is 8.69. The molecule has 6 atom stereocenters. The first kappa shape index (κ1) is 28.1. The van der Waals surface area contributed by atoms with Gasteiger partial charge in [-0.15, -0.1) is 0 Å². The maximum atomic E-state index is 13.0. The molecule has 1 aliphatic rings. The Morgan fingerprint density at radius 1 is 1.26 bits per heavy atom. The number of carbonyl (C=O) groups excluding carboxylic acids is 2. The summed E-state index contributed by atoms with van der Waals surface area (Å²) in [5.74, 6) is -1.11. The number of hydrogen-bond acceptors (Lipinski definition) is 9. The van der Waals surface area contributed by atoms with Gasteiger partial charge in [-0.25, -0.2) is 4.79 Å². The molecule has 188 valence electrons. The third-order valence-corrected chi connectivity index (χ3v) is 5.49. The van der Waals surface area contributed by atoms with Gasteiger partial charge >= 0.3 is 5.97 Å². The fourth-order valence-corrected chi connectivity index (χ4v) is 3.48. The summed E-state index contributed by atoms with van der Waals surface area (Å²) in [7, 11) is 0. The zero-order valence-electron chi connectivity index (χ0n) is 19.0. The monoisotopic (exact) mass is 592 g/mol. The standard InChI is InChI=1S/C21H29IN4O8/c1-21(2,3)34-19(31)13(8-11-4-6-12(27)7-5-11)32-20-16(25-15(28)9-22)18(30)17(29)14(33-20)10-24-26-23/h4-7,13-14,16-18,20,27,29-30H,8-10H2,1-3H3,(H,25,28)/t13?,14-,16-,17+,18-,20-/m1/s1. The van der Waals surface area contributed by atoms with Crippen molar-refractivity contribution in [3.05, 3.63) is 40.3 Å². The number of carbonyl (C=O) groups is 2. The van der Waals surface area contributed by atoms with Crippen LogP contribution in [0, 0.1) is 0 Å². The molecule has 1 aromatic carbocycles. The van der Waals surface area contributed by atoms with Crippen LogP contribution in [-0.2, 0) is 30.2 Å². The molecule has 1 unspecified atom stereocenters. The summed E-state index contributed by atoms with van der Waals surface area (Å²) in [6, 6.07) is 4.91. The molecule has 13 heteroatoms. The molecule has 1 aliphatic heterocycles. The van der Waals surface area contributed by atoms with Crippen molar-refractivity contribution >= 4 is 34.5 Å². The summed E-state index contributed by atoms with van der Waals surface area (Å²) in [5.41, 5.74) is 8.44. The van der Waals surface area contributed by atoms with E-state index in [-0.39, 0.29) is 23.1 Å². The number of aromatic hydroxyl groups is 1. The highest BCUT2D eigenvalue weighted by Crippen LogP contribution is 2.26. The number of nitrogens with zero attached hydrogens (tertiary/aromatic N) is 3. The maximum absolute atomic E-state index is 13.0. The number of benzene rings is 1. The summed E-state index contributed by atoms with van der Waals surface area (Å²) < 4.78 is 17.2. The second-order valence-corrected chi connectivity index (χ2v) is 9.46. The summed E-state index contributed by atoms with van der Waals surface area (Å²) in [6.07, 6.45) is -6.73. The lowest BCUT2D eigenvalue weighted by molar-refractivity contribution is -0.275. The van der Waals surface area contributed by atoms with Gasteiger partial charge in [-0.2, -0.15) is 0 Å². The zero-order valence-corrected chi connectivity index (χ0v) is 21.2. The predicted octanol–water partition coefficient (Wildman–Crippen LogP) is 1.34. The van der Waals surface area contributed by atoms with E-state index in [0.717, 1.165) is 0 Å². The summed E-state index contributed by atoms with van der Waals surface area (Å²) in [5, 5.41) is 36.6. The summed E-state index contributed by atoms with van der Waals surface area (Å²) >= 11 is 1.83. The highest BCUT2D eigenvalue weighted by molar-refractivity contribution is 14.1. The van der Waals surface area contributed by atoms with Crippen molar-refractivity contribution in [3.63, 3.8) is 0 Å². The fraction of sp³-hybridized carbons (Fsp3) is 0.619. The Morgan fingerprint density at radius 3 is 2.47 bits per heavy atom. The predicted molar refractivity (Wildman–Crippen MR) is 128 cm³/mol. The van der Waals surface area contributed by atoms with Crippen molar-refractivity contribution in [1.29, 1.82) is 0 Å². The number of esters is 1. The van der Waals surface area contributed by atoms with Crippen molar-refractivity contribution in [2.45, 2.75) is 69.5 Å². The Bertz CT molecular complexity index is 888. The van der Waals surface area contributed by atoms with E-state index in [4.69, 9.17) is 19.7 Å². The van der Waals surface area contributed by atoms with Crippen molar-refractivity contribution < 1.29 is 39.1 Å². The quantitative estimate of drug-likeness (QED) is 0.0827. The van der Waals surface area contributed by atoms with Crippen LogP contribution in [0.2, 0.25) is 0 Å². The van der Waals surface area contributed by atoms with Gasteiger partial charge < -0.3 is 34.8 Å². The molecule has 4 N–H and O–H groups in total. The largest absolute Gasteiger partial charge is 0.508 e. The van der Waals surface area contributed by atoms with Gasteiger partial charge in [0.25, 0.3) is 0 Å². The summed E-state index contributed by atoms with van der Waals surface area (Å²) in [4.78, 5) is 27.7. The minimum absolute atomic E-state index is 0.0294. The molecule has 2 rings (SSSR count).